The van der Waals surface area contributed by atoms with Crippen LogP contribution >= 0.6 is 0 Å². The van der Waals surface area contributed by atoms with E-state index in [2.05, 4.69) is 32.6 Å². The normalized spacial score (nSPS) is 12.0. The first kappa shape index (κ1) is 24.6. The van der Waals surface area contributed by atoms with E-state index in [9.17, 15) is 0 Å². The highest BCUT2D eigenvalue weighted by molar-refractivity contribution is 4.98. The largest absolute Gasteiger partial charge is 0.103 e. The van der Waals surface area contributed by atoms with Gasteiger partial charge in [0.05, 0.1) is 0 Å². The van der Waals surface area contributed by atoms with Gasteiger partial charge >= 0.3 is 0 Å². The first-order valence-corrected chi connectivity index (χ1v) is 11.8. The molecular weight excluding hydrogens is 300 g/mol. The van der Waals surface area contributed by atoms with Crippen molar-refractivity contribution in [3.63, 3.8) is 0 Å². The monoisotopic (exact) mass is 348 g/mol. The molecular formula is C25H48. The van der Waals surface area contributed by atoms with Gasteiger partial charge in [0.1, 0.15) is 0 Å². The van der Waals surface area contributed by atoms with Crippen LogP contribution in [-0.2, 0) is 0 Å². The molecule has 0 spiro atoms. The maximum atomic E-state index is 3.34. The molecule has 148 valence electrons. The van der Waals surface area contributed by atoms with E-state index in [-0.39, 0.29) is 0 Å². The van der Waals surface area contributed by atoms with Crippen molar-refractivity contribution < 1.29 is 0 Å². The van der Waals surface area contributed by atoms with E-state index in [1.807, 2.05) is 0 Å². The zero-order valence-corrected chi connectivity index (χ0v) is 18.0. The molecule has 0 saturated heterocycles. The lowest BCUT2D eigenvalue weighted by Gasteiger charge is -2.14. The Morgan fingerprint density at radius 3 is 1.44 bits per heavy atom. The van der Waals surface area contributed by atoms with Crippen LogP contribution in [0.3, 0.4) is 0 Å². The predicted molar refractivity (Wildman–Crippen MR) is 116 cm³/mol. The third-order valence-electron chi connectivity index (χ3n) is 5.49. The fraction of sp³-hybridized carbons (Fsp3) is 0.920. The summed E-state index contributed by atoms with van der Waals surface area (Å²) in [5.41, 5.74) is 0. The van der Waals surface area contributed by atoms with Crippen LogP contribution in [-0.4, -0.2) is 0 Å². The SMILES string of the molecule is CCCCC#CCCCCCC(CC)CCCCCCCCCCC. The number of rotatable bonds is 18. The lowest BCUT2D eigenvalue weighted by molar-refractivity contribution is 0.394. The van der Waals surface area contributed by atoms with Gasteiger partial charge < -0.3 is 0 Å². The van der Waals surface area contributed by atoms with Gasteiger partial charge in [-0.25, -0.2) is 0 Å². The topological polar surface area (TPSA) is 0 Å². The predicted octanol–water partition coefficient (Wildman–Crippen LogP) is 9.08. The summed E-state index contributed by atoms with van der Waals surface area (Å²) in [6.45, 7) is 6.92. The molecule has 0 aromatic rings. The van der Waals surface area contributed by atoms with Gasteiger partial charge in [-0.3, -0.25) is 0 Å². The Morgan fingerprint density at radius 2 is 0.920 bits per heavy atom. The molecule has 0 aliphatic rings. The summed E-state index contributed by atoms with van der Waals surface area (Å²) >= 11 is 0. The van der Waals surface area contributed by atoms with E-state index >= 15 is 0 Å². The van der Waals surface area contributed by atoms with Gasteiger partial charge in [-0.05, 0) is 18.8 Å². The zero-order valence-electron chi connectivity index (χ0n) is 18.0. The van der Waals surface area contributed by atoms with Crippen LogP contribution in [0.5, 0.6) is 0 Å². The van der Waals surface area contributed by atoms with Crippen LogP contribution < -0.4 is 0 Å². The van der Waals surface area contributed by atoms with Gasteiger partial charge in [-0.1, -0.05) is 117 Å². The van der Waals surface area contributed by atoms with Crippen molar-refractivity contribution in [2.75, 3.05) is 0 Å². The molecule has 1 atom stereocenters. The summed E-state index contributed by atoms with van der Waals surface area (Å²) in [7, 11) is 0. The molecule has 0 saturated carbocycles. The van der Waals surface area contributed by atoms with E-state index in [0.717, 1.165) is 18.8 Å². The van der Waals surface area contributed by atoms with Crippen molar-refractivity contribution in [1.82, 2.24) is 0 Å². The van der Waals surface area contributed by atoms with Crippen molar-refractivity contribution in [1.29, 1.82) is 0 Å². The van der Waals surface area contributed by atoms with E-state index in [1.54, 1.807) is 0 Å². The highest BCUT2D eigenvalue weighted by atomic mass is 14.1. The Balaban J connectivity index is 3.37. The highest BCUT2D eigenvalue weighted by Gasteiger charge is 2.05. The molecule has 1 unspecified atom stereocenters. The molecule has 0 heterocycles. The lowest BCUT2D eigenvalue weighted by Crippen LogP contribution is -1.99. The van der Waals surface area contributed by atoms with Crippen LogP contribution in [0.1, 0.15) is 143 Å². The molecule has 0 nitrogen and oxygen atoms in total. The maximum absolute atomic E-state index is 3.34. The molecule has 0 bridgehead atoms. The average molecular weight is 349 g/mol. The molecule has 0 aromatic heterocycles. The highest BCUT2D eigenvalue weighted by Crippen LogP contribution is 2.21. The van der Waals surface area contributed by atoms with Crippen molar-refractivity contribution in [2.24, 2.45) is 5.92 Å². The Hall–Kier alpha value is -0.440. The second-order valence-corrected chi connectivity index (χ2v) is 7.95. The fourth-order valence-corrected chi connectivity index (χ4v) is 3.56. The van der Waals surface area contributed by atoms with Crippen LogP contribution in [0.15, 0.2) is 0 Å². The standard InChI is InChI=1S/C25H48/c1-4-7-9-11-13-15-17-19-21-23-25(6-3)24-22-20-18-16-14-12-10-8-5-2/h25H,4-11,13,15-24H2,1-3H3. The van der Waals surface area contributed by atoms with Gasteiger partial charge in [-0.15, -0.1) is 11.8 Å². The molecule has 0 aliphatic heterocycles. The molecule has 0 N–H and O–H groups in total. The molecule has 0 rings (SSSR count). The Morgan fingerprint density at radius 1 is 0.480 bits per heavy atom. The van der Waals surface area contributed by atoms with Gasteiger partial charge in [0, 0.05) is 12.8 Å². The van der Waals surface area contributed by atoms with Gasteiger partial charge in [0.2, 0.25) is 0 Å². The summed E-state index contributed by atoms with van der Waals surface area (Å²) in [6, 6.07) is 0. The fourth-order valence-electron chi connectivity index (χ4n) is 3.56. The van der Waals surface area contributed by atoms with E-state index < -0.39 is 0 Å². The molecule has 0 aliphatic carbocycles. The van der Waals surface area contributed by atoms with Crippen LogP contribution in [0.2, 0.25) is 0 Å². The lowest BCUT2D eigenvalue weighted by atomic mass is 9.92. The van der Waals surface area contributed by atoms with Gasteiger partial charge in [-0.2, -0.15) is 0 Å². The average Bonchev–Trinajstić information content (AvgIpc) is 2.63. The smallest absolute Gasteiger partial charge is 0.00886 e. The quantitative estimate of drug-likeness (QED) is 0.171. The Labute approximate surface area is 160 Å². The minimum absolute atomic E-state index is 0.986. The number of unbranched alkanes of at least 4 members (excludes halogenated alkanes) is 13. The third kappa shape index (κ3) is 19.7. The Bertz CT molecular complexity index is 293. The summed E-state index contributed by atoms with van der Waals surface area (Å²) in [5.74, 6) is 7.63. The summed E-state index contributed by atoms with van der Waals surface area (Å²) in [5, 5.41) is 0. The number of hydrogen-bond acceptors (Lipinski definition) is 0. The molecule has 25 heavy (non-hydrogen) atoms. The van der Waals surface area contributed by atoms with Crippen LogP contribution in [0, 0.1) is 17.8 Å². The maximum Gasteiger partial charge on any atom is 0.00886 e. The summed E-state index contributed by atoms with van der Waals surface area (Å²) in [4.78, 5) is 0. The van der Waals surface area contributed by atoms with Crippen molar-refractivity contribution in [3.05, 3.63) is 0 Å². The minimum Gasteiger partial charge on any atom is -0.103 e. The van der Waals surface area contributed by atoms with Crippen molar-refractivity contribution in [2.45, 2.75) is 143 Å². The molecule has 0 amide bonds. The van der Waals surface area contributed by atoms with E-state index in [1.165, 1.54) is 109 Å². The molecule has 0 fully saturated rings. The molecule has 0 heteroatoms. The van der Waals surface area contributed by atoms with Crippen molar-refractivity contribution >= 4 is 0 Å². The summed E-state index contributed by atoms with van der Waals surface area (Å²) in [6.07, 6.45) is 26.3. The zero-order chi connectivity index (χ0) is 18.4. The van der Waals surface area contributed by atoms with Crippen LogP contribution in [0.25, 0.3) is 0 Å². The van der Waals surface area contributed by atoms with E-state index in [4.69, 9.17) is 0 Å². The van der Waals surface area contributed by atoms with Crippen LogP contribution in [0.4, 0.5) is 0 Å². The molecule has 0 radical (unpaired) electrons. The third-order valence-corrected chi connectivity index (χ3v) is 5.49. The summed E-state index contributed by atoms with van der Waals surface area (Å²) < 4.78 is 0. The second kappa shape index (κ2) is 21.6. The number of hydrogen-bond donors (Lipinski definition) is 0. The second-order valence-electron chi connectivity index (χ2n) is 7.95. The van der Waals surface area contributed by atoms with Crippen molar-refractivity contribution in [3.8, 4) is 11.8 Å². The molecule has 0 aromatic carbocycles. The van der Waals surface area contributed by atoms with Gasteiger partial charge in [0.15, 0.2) is 0 Å². The van der Waals surface area contributed by atoms with E-state index in [0.29, 0.717) is 0 Å². The minimum atomic E-state index is 0.986. The van der Waals surface area contributed by atoms with Gasteiger partial charge in [0.25, 0.3) is 0 Å². The Kier molecular flexibility index (Phi) is 21.2. The first-order valence-electron chi connectivity index (χ1n) is 11.8. The first-order chi connectivity index (χ1) is 12.3.